The molecule has 0 radical (unpaired) electrons. The Labute approximate surface area is 140 Å². The third-order valence-corrected chi connectivity index (χ3v) is 4.17. The molecule has 0 unspecified atom stereocenters. The number of nitrogens with one attached hydrogen (secondary N) is 1. The maximum atomic E-state index is 12.8. The Morgan fingerprint density at radius 3 is 2.38 bits per heavy atom. The fourth-order valence-electron chi connectivity index (χ4n) is 2.76. The van der Waals surface area contributed by atoms with E-state index in [0.717, 1.165) is 18.4 Å². The maximum absolute atomic E-state index is 12.8. The van der Waals surface area contributed by atoms with Crippen molar-refractivity contribution >= 4 is 23.8 Å². The third kappa shape index (κ3) is 4.30. The molecule has 1 aliphatic rings. The summed E-state index contributed by atoms with van der Waals surface area (Å²) in [6, 6.07) is -0.567. The Morgan fingerprint density at radius 1 is 1.25 bits per heavy atom. The van der Waals surface area contributed by atoms with Crippen LogP contribution in [0.1, 0.15) is 32.6 Å². The lowest BCUT2D eigenvalue weighted by Gasteiger charge is -2.38. The Hall–Kier alpha value is -2.00. The zero-order valence-corrected chi connectivity index (χ0v) is 14.3. The van der Waals surface area contributed by atoms with Crippen LogP contribution in [0.3, 0.4) is 0 Å². The van der Waals surface area contributed by atoms with Crippen LogP contribution in [0.25, 0.3) is 0 Å². The second-order valence-corrected chi connectivity index (χ2v) is 5.76. The van der Waals surface area contributed by atoms with Gasteiger partial charge in [-0.2, -0.15) is 0 Å². The zero-order valence-electron chi connectivity index (χ0n) is 14.3. The molecular formula is C15H25N3O6. The summed E-state index contributed by atoms with van der Waals surface area (Å²) < 4.78 is 9.34. The number of nitrogens with two attached hydrogens (primary N) is 1. The Balaban J connectivity index is 3.18. The summed E-state index contributed by atoms with van der Waals surface area (Å²) >= 11 is 0. The number of carbonyl (C=O) groups is 4. The van der Waals surface area contributed by atoms with Gasteiger partial charge in [-0.15, -0.1) is 0 Å². The molecule has 0 bridgehead atoms. The van der Waals surface area contributed by atoms with Crippen molar-refractivity contribution in [3.8, 4) is 0 Å². The molecule has 1 rings (SSSR count). The summed E-state index contributed by atoms with van der Waals surface area (Å²) in [5.74, 6) is -2.59. The van der Waals surface area contributed by atoms with Gasteiger partial charge in [0.2, 0.25) is 11.8 Å². The average Bonchev–Trinajstić information content (AvgIpc) is 3.13. The van der Waals surface area contributed by atoms with Gasteiger partial charge in [-0.3, -0.25) is 19.3 Å². The fourth-order valence-corrected chi connectivity index (χ4v) is 2.76. The summed E-state index contributed by atoms with van der Waals surface area (Å²) in [4.78, 5) is 49.7. The molecular weight excluding hydrogens is 318 g/mol. The van der Waals surface area contributed by atoms with Crippen LogP contribution in [0.5, 0.6) is 0 Å². The van der Waals surface area contributed by atoms with E-state index < -0.39 is 41.9 Å². The van der Waals surface area contributed by atoms with Crippen molar-refractivity contribution in [1.82, 2.24) is 10.2 Å². The standard InChI is InChI=1S/C15H25N3O6/c1-15(14(22)24-3,7-6-12(20)23-2)18(11(19)9-16)13(21)10-5-4-8-17-10/h10,17H,4-9,16H2,1-3H3/t10-,15-/m0/s1. The highest BCUT2D eigenvalue weighted by atomic mass is 16.5. The highest BCUT2D eigenvalue weighted by molar-refractivity contribution is 6.03. The first-order valence-corrected chi connectivity index (χ1v) is 7.77. The van der Waals surface area contributed by atoms with Gasteiger partial charge >= 0.3 is 11.9 Å². The molecule has 1 heterocycles. The lowest BCUT2D eigenvalue weighted by atomic mass is 9.92. The molecule has 0 aromatic rings. The van der Waals surface area contributed by atoms with Gasteiger partial charge in [0.05, 0.1) is 26.8 Å². The van der Waals surface area contributed by atoms with E-state index in [2.05, 4.69) is 10.1 Å². The van der Waals surface area contributed by atoms with Gasteiger partial charge < -0.3 is 20.5 Å². The van der Waals surface area contributed by atoms with Crippen molar-refractivity contribution in [3.05, 3.63) is 0 Å². The van der Waals surface area contributed by atoms with Crippen LogP contribution in [0.15, 0.2) is 0 Å². The first-order chi connectivity index (χ1) is 11.3. The molecule has 9 nitrogen and oxygen atoms in total. The molecule has 0 aromatic heterocycles. The van der Waals surface area contributed by atoms with Crippen LogP contribution >= 0.6 is 0 Å². The molecule has 1 fully saturated rings. The van der Waals surface area contributed by atoms with E-state index in [1.807, 2.05) is 0 Å². The molecule has 3 N–H and O–H groups in total. The Morgan fingerprint density at radius 2 is 1.92 bits per heavy atom. The molecule has 0 aromatic carbocycles. The fraction of sp³-hybridized carbons (Fsp3) is 0.733. The summed E-state index contributed by atoms with van der Waals surface area (Å²) in [5.41, 5.74) is 3.78. The molecule has 0 aliphatic carbocycles. The average molecular weight is 343 g/mol. The first kappa shape index (κ1) is 20.0. The highest BCUT2D eigenvalue weighted by Gasteiger charge is 2.48. The highest BCUT2D eigenvalue weighted by Crippen LogP contribution is 2.26. The molecule has 9 heteroatoms. The van der Waals surface area contributed by atoms with Crippen molar-refractivity contribution in [3.63, 3.8) is 0 Å². The normalized spacial score (nSPS) is 19.2. The lowest BCUT2D eigenvalue weighted by Crippen LogP contribution is -2.62. The van der Waals surface area contributed by atoms with Crippen molar-refractivity contribution in [2.24, 2.45) is 5.73 Å². The van der Waals surface area contributed by atoms with E-state index in [-0.39, 0.29) is 12.8 Å². The van der Waals surface area contributed by atoms with Crippen LogP contribution < -0.4 is 11.1 Å². The number of nitrogens with zero attached hydrogens (tertiary/aromatic N) is 1. The third-order valence-electron chi connectivity index (χ3n) is 4.17. The van der Waals surface area contributed by atoms with E-state index in [4.69, 9.17) is 10.5 Å². The van der Waals surface area contributed by atoms with E-state index in [1.165, 1.54) is 14.0 Å². The minimum Gasteiger partial charge on any atom is -0.469 e. The zero-order chi connectivity index (χ0) is 18.3. The van der Waals surface area contributed by atoms with Gasteiger partial charge in [0, 0.05) is 6.42 Å². The maximum Gasteiger partial charge on any atom is 0.332 e. The van der Waals surface area contributed by atoms with Gasteiger partial charge in [0.1, 0.15) is 5.54 Å². The first-order valence-electron chi connectivity index (χ1n) is 7.77. The van der Waals surface area contributed by atoms with Crippen molar-refractivity contribution in [2.45, 2.75) is 44.2 Å². The number of hydrogen-bond donors (Lipinski definition) is 2. The molecule has 1 saturated heterocycles. The number of ether oxygens (including phenoxy) is 2. The minimum atomic E-state index is -1.64. The van der Waals surface area contributed by atoms with Crippen molar-refractivity contribution in [1.29, 1.82) is 0 Å². The number of imide groups is 1. The topological polar surface area (TPSA) is 128 Å². The largest absolute Gasteiger partial charge is 0.469 e. The molecule has 0 spiro atoms. The number of rotatable bonds is 7. The molecule has 0 saturated carbocycles. The predicted octanol–water partition coefficient (Wildman–Crippen LogP) is -1.06. The molecule has 1 aliphatic heterocycles. The summed E-state index contributed by atoms with van der Waals surface area (Å²) in [7, 11) is 2.37. The number of carbonyl (C=O) groups excluding carboxylic acids is 4. The quantitative estimate of drug-likeness (QED) is 0.560. The van der Waals surface area contributed by atoms with Crippen molar-refractivity contribution < 1.29 is 28.7 Å². The Bertz CT molecular complexity index is 503. The predicted molar refractivity (Wildman–Crippen MR) is 83.6 cm³/mol. The van der Waals surface area contributed by atoms with Gasteiger partial charge in [-0.05, 0) is 32.7 Å². The number of amides is 2. The van der Waals surface area contributed by atoms with Crippen LogP contribution in [-0.4, -0.2) is 67.5 Å². The monoisotopic (exact) mass is 343 g/mol. The molecule has 24 heavy (non-hydrogen) atoms. The molecule has 2 atom stereocenters. The Kier molecular flexibility index (Phi) is 7.30. The van der Waals surface area contributed by atoms with E-state index in [9.17, 15) is 19.2 Å². The van der Waals surface area contributed by atoms with E-state index in [1.54, 1.807) is 0 Å². The number of esters is 2. The van der Waals surface area contributed by atoms with Crippen molar-refractivity contribution in [2.75, 3.05) is 27.3 Å². The second-order valence-electron chi connectivity index (χ2n) is 5.76. The second kappa shape index (κ2) is 8.74. The van der Waals surface area contributed by atoms with Crippen LogP contribution in [0.2, 0.25) is 0 Å². The van der Waals surface area contributed by atoms with E-state index >= 15 is 0 Å². The van der Waals surface area contributed by atoms with Crippen LogP contribution in [-0.2, 0) is 28.7 Å². The van der Waals surface area contributed by atoms with Gasteiger partial charge in [0.15, 0.2) is 0 Å². The summed E-state index contributed by atoms with van der Waals surface area (Å²) in [6.07, 6.45) is 1.08. The molecule has 136 valence electrons. The lowest BCUT2D eigenvalue weighted by molar-refractivity contribution is -0.169. The van der Waals surface area contributed by atoms with Gasteiger partial charge in [0.25, 0.3) is 0 Å². The summed E-state index contributed by atoms with van der Waals surface area (Å²) in [5, 5.41) is 2.99. The molecule has 2 amide bonds. The van der Waals surface area contributed by atoms with Gasteiger partial charge in [-0.25, -0.2) is 4.79 Å². The number of hydrogen-bond acceptors (Lipinski definition) is 8. The van der Waals surface area contributed by atoms with Crippen LogP contribution in [0.4, 0.5) is 0 Å². The number of methoxy groups -OCH3 is 2. The van der Waals surface area contributed by atoms with Crippen LogP contribution in [0, 0.1) is 0 Å². The van der Waals surface area contributed by atoms with E-state index in [0.29, 0.717) is 13.0 Å². The SMILES string of the molecule is COC(=O)CC[C@@](C)(C(=O)OC)N(C(=O)CN)C(=O)[C@@H]1CCCN1. The minimum absolute atomic E-state index is 0.115. The smallest absolute Gasteiger partial charge is 0.332 e. The summed E-state index contributed by atoms with van der Waals surface area (Å²) in [6.45, 7) is 1.60. The van der Waals surface area contributed by atoms with Gasteiger partial charge in [-0.1, -0.05) is 0 Å².